The van der Waals surface area contributed by atoms with Gasteiger partial charge in [-0.25, -0.2) is 9.59 Å². The molecule has 0 radical (unpaired) electrons. The van der Waals surface area contributed by atoms with E-state index in [1.807, 2.05) is 0 Å². The van der Waals surface area contributed by atoms with Crippen molar-refractivity contribution in [3.05, 3.63) is 0 Å². The number of nitrogens with two attached hydrogens (primary N) is 3. The summed E-state index contributed by atoms with van der Waals surface area (Å²) >= 11 is 0. The van der Waals surface area contributed by atoms with Crippen LogP contribution in [0.1, 0.15) is 32.1 Å². The Bertz CT molecular complexity index is 325. The topological polar surface area (TPSA) is 140 Å². The molecule has 20 heavy (non-hydrogen) atoms. The molecule has 1 aliphatic heterocycles. The van der Waals surface area contributed by atoms with Crippen LogP contribution in [0, 0.1) is 0 Å². The number of urea groups is 2. The van der Waals surface area contributed by atoms with Gasteiger partial charge < -0.3 is 32.7 Å². The Hall–Kier alpha value is -1.54. The molecule has 8 nitrogen and oxygen atoms in total. The molecular weight excluding hydrogens is 260 g/mol. The standard InChI is InChI=1S/C12H26N6O2/c13-6-1-3-9(14)4-2-7-18-8-5-10(16-11(15)19)17-12(18)20/h9-10H,1-8,13-14H2,(H,17,20)(H3,15,16,19). The molecule has 2 atom stereocenters. The Morgan fingerprint density at radius 3 is 2.75 bits per heavy atom. The Morgan fingerprint density at radius 1 is 1.45 bits per heavy atom. The molecule has 1 heterocycles. The fraction of sp³-hybridized carbons (Fsp3) is 0.833. The number of nitrogens with one attached hydrogen (secondary N) is 2. The Morgan fingerprint density at radius 2 is 2.15 bits per heavy atom. The van der Waals surface area contributed by atoms with Crippen molar-refractivity contribution < 1.29 is 9.59 Å². The molecule has 0 aromatic heterocycles. The molecule has 2 unspecified atom stereocenters. The minimum Gasteiger partial charge on any atom is -0.352 e. The lowest BCUT2D eigenvalue weighted by molar-refractivity contribution is 0.167. The zero-order valence-corrected chi connectivity index (χ0v) is 11.8. The highest BCUT2D eigenvalue weighted by atomic mass is 16.2. The van der Waals surface area contributed by atoms with Crippen LogP contribution in [0.4, 0.5) is 9.59 Å². The van der Waals surface area contributed by atoms with Gasteiger partial charge in [-0.05, 0) is 32.2 Å². The second kappa shape index (κ2) is 8.60. The number of carbonyl (C=O) groups excluding carboxylic acids is 2. The van der Waals surface area contributed by atoms with Gasteiger partial charge in [0.25, 0.3) is 0 Å². The summed E-state index contributed by atoms with van der Waals surface area (Å²) in [6, 6.07) is -0.657. The van der Waals surface area contributed by atoms with E-state index in [2.05, 4.69) is 10.6 Å². The molecule has 0 aromatic carbocycles. The first kappa shape index (κ1) is 16.5. The van der Waals surface area contributed by atoms with E-state index < -0.39 is 6.03 Å². The summed E-state index contributed by atoms with van der Waals surface area (Å²) in [6.07, 6.45) is 3.88. The van der Waals surface area contributed by atoms with E-state index in [1.54, 1.807) is 4.90 Å². The van der Waals surface area contributed by atoms with Gasteiger partial charge in [0.05, 0.1) is 0 Å². The largest absolute Gasteiger partial charge is 0.352 e. The van der Waals surface area contributed by atoms with Gasteiger partial charge in [0.15, 0.2) is 0 Å². The van der Waals surface area contributed by atoms with E-state index in [0.717, 1.165) is 25.7 Å². The van der Waals surface area contributed by atoms with Crippen LogP contribution >= 0.6 is 0 Å². The average Bonchev–Trinajstić information content (AvgIpc) is 2.38. The van der Waals surface area contributed by atoms with Gasteiger partial charge in [0.2, 0.25) is 0 Å². The molecule has 0 aliphatic carbocycles. The first-order valence-corrected chi connectivity index (χ1v) is 7.10. The number of hydrogen-bond donors (Lipinski definition) is 5. The first-order valence-electron chi connectivity index (χ1n) is 7.10. The third-order valence-electron chi connectivity index (χ3n) is 3.37. The van der Waals surface area contributed by atoms with Crippen molar-refractivity contribution in [2.24, 2.45) is 17.2 Å². The lowest BCUT2D eigenvalue weighted by Gasteiger charge is -2.33. The summed E-state index contributed by atoms with van der Waals surface area (Å²) in [5.74, 6) is 0. The normalized spacial score (nSPS) is 20.4. The van der Waals surface area contributed by atoms with Crippen molar-refractivity contribution in [3.63, 3.8) is 0 Å². The van der Waals surface area contributed by atoms with Crippen LogP contribution in [0.3, 0.4) is 0 Å². The van der Waals surface area contributed by atoms with E-state index in [1.165, 1.54) is 0 Å². The molecule has 8 heteroatoms. The van der Waals surface area contributed by atoms with Crippen LogP contribution in [0.15, 0.2) is 0 Å². The van der Waals surface area contributed by atoms with E-state index in [0.29, 0.717) is 26.1 Å². The Labute approximate surface area is 119 Å². The maximum Gasteiger partial charge on any atom is 0.319 e. The van der Waals surface area contributed by atoms with Gasteiger partial charge in [-0.15, -0.1) is 0 Å². The van der Waals surface area contributed by atoms with E-state index in [-0.39, 0.29) is 18.2 Å². The second-order valence-electron chi connectivity index (χ2n) is 5.12. The molecule has 4 amide bonds. The predicted molar refractivity (Wildman–Crippen MR) is 76.7 cm³/mol. The number of nitrogens with zero attached hydrogens (tertiary/aromatic N) is 1. The van der Waals surface area contributed by atoms with Crippen molar-refractivity contribution in [3.8, 4) is 0 Å². The summed E-state index contributed by atoms with van der Waals surface area (Å²) in [7, 11) is 0. The van der Waals surface area contributed by atoms with Crippen LogP contribution in [0.5, 0.6) is 0 Å². The third-order valence-corrected chi connectivity index (χ3v) is 3.37. The summed E-state index contributed by atoms with van der Waals surface area (Å²) in [5.41, 5.74) is 16.4. The molecule has 0 saturated carbocycles. The van der Waals surface area contributed by atoms with E-state index in [4.69, 9.17) is 17.2 Å². The Kier molecular flexibility index (Phi) is 7.10. The molecular formula is C12H26N6O2. The maximum absolute atomic E-state index is 11.8. The number of hydrogen-bond acceptors (Lipinski definition) is 4. The van der Waals surface area contributed by atoms with Crippen LogP contribution in [-0.4, -0.2) is 48.8 Å². The van der Waals surface area contributed by atoms with Crippen molar-refractivity contribution >= 4 is 12.1 Å². The van der Waals surface area contributed by atoms with Crippen LogP contribution in [-0.2, 0) is 0 Å². The quantitative estimate of drug-likeness (QED) is 0.400. The highest BCUT2D eigenvalue weighted by Crippen LogP contribution is 2.08. The van der Waals surface area contributed by atoms with Gasteiger partial charge in [0, 0.05) is 25.6 Å². The van der Waals surface area contributed by atoms with Crippen LogP contribution in [0.25, 0.3) is 0 Å². The van der Waals surface area contributed by atoms with Gasteiger partial charge in [-0.1, -0.05) is 0 Å². The number of rotatable bonds is 8. The lowest BCUT2D eigenvalue weighted by atomic mass is 10.1. The molecule has 1 rings (SSSR count). The van der Waals surface area contributed by atoms with Crippen molar-refractivity contribution in [2.75, 3.05) is 19.6 Å². The molecule has 1 saturated heterocycles. The highest BCUT2D eigenvalue weighted by molar-refractivity contribution is 5.77. The summed E-state index contributed by atoms with van der Waals surface area (Å²) in [4.78, 5) is 24.3. The van der Waals surface area contributed by atoms with E-state index in [9.17, 15) is 9.59 Å². The highest BCUT2D eigenvalue weighted by Gasteiger charge is 2.24. The number of primary amides is 1. The molecule has 1 aliphatic rings. The molecule has 8 N–H and O–H groups in total. The Balaban J connectivity index is 2.19. The third kappa shape index (κ3) is 6.07. The smallest absolute Gasteiger partial charge is 0.319 e. The van der Waals surface area contributed by atoms with Gasteiger partial charge in [0.1, 0.15) is 6.17 Å². The minimum atomic E-state index is -0.630. The number of carbonyl (C=O) groups is 2. The zero-order chi connectivity index (χ0) is 15.0. The first-order chi connectivity index (χ1) is 9.52. The molecule has 0 spiro atoms. The molecule has 0 bridgehead atoms. The fourth-order valence-corrected chi connectivity index (χ4v) is 2.26. The van der Waals surface area contributed by atoms with Crippen molar-refractivity contribution in [1.29, 1.82) is 0 Å². The fourth-order valence-electron chi connectivity index (χ4n) is 2.26. The maximum atomic E-state index is 11.8. The van der Waals surface area contributed by atoms with Crippen molar-refractivity contribution in [1.82, 2.24) is 15.5 Å². The average molecular weight is 286 g/mol. The minimum absolute atomic E-state index is 0.149. The molecule has 116 valence electrons. The molecule has 0 aromatic rings. The number of amides is 4. The van der Waals surface area contributed by atoms with Gasteiger partial charge in [-0.3, -0.25) is 0 Å². The summed E-state index contributed by atoms with van der Waals surface area (Å²) in [5, 5.41) is 5.18. The molecule has 1 fully saturated rings. The van der Waals surface area contributed by atoms with Crippen molar-refractivity contribution in [2.45, 2.75) is 44.3 Å². The van der Waals surface area contributed by atoms with Gasteiger partial charge >= 0.3 is 12.1 Å². The summed E-state index contributed by atoms with van der Waals surface area (Å²) < 4.78 is 0. The lowest BCUT2D eigenvalue weighted by Crippen LogP contribution is -2.58. The summed E-state index contributed by atoms with van der Waals surface area (Å²) in [6.45, 7) is 1.94. The van der Waals surface area contributed by atoms with Crippen LogP contribution < -0.4 is 27.8 Å². The van der Waals surface area contributed by atoms with Gasteiger partial charge in [-0.2, -0.15) is 0 Å². The van der Waals surface area contributed by atoms with E-state index >= 15 is 0 Å². The van der Waals surface area contributed by atoms with Crippen LogP contribution in [0.2, 0.25) is 0 Å². The second-order valence-corrected chi connectivity index (χ2v) is 5.12. The zero-order valence-electron chi connectivity index (χ0n) is 11.8. The SMILES string of the molecule is NCCCC(N)CCCN1CCC(NC(N)=O)NC1=O. The monoisotopic (exact) mass is 286 g/mol. The predicted octanol–water partition coefficient (Wildman–Crippen LogP) is -0.757.